The second kappa shape index (κ2) is 43.4. The number of aromatic nitrogens is 16. The van der Waals surface area contributed by atoms with E-state index in [9.17, 15) is 0 Å². The molecule has 0 saturated carbocycles. The number of piperidine rings is 1. The largest absolute Gasteiger partial charge is 0.496 e. The van der Waals surface area contributed by atoms with Crippen molar-refractivity contribution in [1.82, 2.24) is 94.4 Å². The summed E-state index contributed by atoms with van der Waals surface area (Å²) in [5, 5.41) is 9.06. The number of morpholine rings is 1. The van der Waals surface area contributed by atoms with E-state index in [0.717, 1.165) is 288 Å². The minimum Gasteiger partial charge on any atom is -0.399 e. The summed E-state index contributed by atoms with van der Waals surface area (Å²) >= 11 is 0. The molecule has 11 aromatic rings. The second-order valence-corrected chi connectivity index (χ2v) is 39.3. The fraction of sp³-hybridized carbons (Fsp3) is 0.431. The molecular formula is C109H130BN23O5. The Morgan fingerprint density at radius 2 is 0.703 bits per heavy atom. The van der Waals surface area contributed by atoms with E-state index in [0.29, 0.717) is 5.92 Å². The van der Waals surface area contributed by atoms with Crippen LogP contribution in [0.5, 0.6) is 0 Å². The number of aliphatic hydroxyl groups is 1. The van der Waals surface area contributed by atoms with Crippen molar-refractivity contribution in [3.05, 3.63) is 245 Å². The summed E-state index contributed by atoms with van der Waals surface area (Å²) in [7, 11) is 6.13. The second-order valence-electron chi connectivity index (χ2n) is 39.3. The van der Waals surface area contributed by atoms with Crippen LogP contribution in [-0.2, 0) is 63.7 Å². The lowest BCUT2D eigenvalue weighted by Gasteiger charge is -2.34. The summed E-state index contributed by atoms with van der Waals surface area (Å²) < 4.78 is 23.0. The van der Waals surface area contributed by atoms with E-state index < -0.39 is 0 Å². The quantitative estimate of drug-likeness (QED) is 0.0879. The molecule has 11 aromatic heterocycles. The molecule has 6 fully saturated rings. The number of fused-ring (bicyclic) bond motifs is 6. The van der Waals surface area contributed by atoms with Crippen molar-refractivity contribution in [3.63, 3.8) is 0 Å². The zero-order chi connectivity index (χ0) is 95.6. The number of anilines is 4. The van der Waals surface area contributed by atoms with E-state index in [1.165, 1.54) is 98.4 Å². The molecule has 12 aliphatic rings. The topological polar surface area (TPSA) is 286 Å². The van der Waals surface area contributed by atoms with Gasteiger partial charge in [0.05, 0.1) is 155 Å². The molecule has 29 heteroatoms. The van der Waals surface area contributed by atoms with Crippen LogP contribution in [0.3, 0.4) is 0 Å². The molecule has 28 nitrogen and oxygen atoms in total. The van der Waals surface area contributed by atoms with Crippen molar-refractivity contribution >= 4 is 69.3 Å². The molecule has 0 amide bonds. The maximum atomic E-state index is 9.06. The number of rotatable bonds is 16. The Labute approximate surface area is 812 Å². The minimum atomic E-state index is -0.323. The Bertz CT molecular complexity index is 6380. The van der Waals surface area contributed by atoms with Gasteiger partial charge in [-0.15, -0.1) is 0 Å². The van der Waals surface area contributed by atoms with Gasteiger partial charge in [0.2, 0.25) is 0 Å². The van der Waals surface area contributed by atoms with Gasteiger partial charge in [-0.2, -0.15) is 0 Å². The number of β-amino-alcohol motifs (C(OH)–C–C–N with tert-alkyl or cyclic N) is 1. The average molecular weight is 1850 g/mol. The summed E-state index contributed by atoms with van der Waals surface area (Å²) in [6.07, 6.45) is 54.6. The Morgan fingerprint density at radius 1 is 0.362 bits per heavy atom. The average Bonchev–Trinajstić information content (AvgIpc) is 1.61. The fourth-order valence-electron chi connectivity index (χ4n) is 19.4. The number of likely N-dealkylation sites (tertiary alicyclic amines) is 1. The molecule has 1 N–H and O–H groups in total. The standard InChI is InChI=1S/C20H24N4O.C20H24N4.C19H23N5O.C18H21N5.C17H18N4O.C15H20BNO2/c1-14-3-4-18-17(14)9-16(10-22-18)19-11-21-12-20(23-19)24(2)13-15-5-7-25-8-6-15;1-14-3-4-19-18(14)10-16(11-22-19)20-13-21-12-17(23-20)9-15-5-7-24(2)8-6-15;1-14-2-3-17-16(14)10-15(11-21-17)18-12-20-13-19(22-18)24-6-4-23(5-7-24)8-9-25;1-13-3-4-16-15(13)9-14(10-20-16)17-11-19-12-18(21-17)23-7-5-22(2)6-8-23;1-12-2-3-15-14(12)8-13(9-19-15)16-10-18-11-17(20-16)21-4-6-22-7-5-21;1-10-6-7-13-12(10)8-11(9-17-13)16-18-14(2,3)15(4,5)19-16/h3,9-12,15H,4-8,13H2,1-2H3;3,10-13,15H,4-9H2,1-2H3;2,10-13,25H,3-9H2,1H3;3,9-12H,4-8H2,1-2H3;2,8-11H,3-7H2,1H3;6,8-9H,7H2,1-5H3. The molecule has 17 heterocycles. The van der Waals surface area contributed by atoms with Crippen LogP contribution in [0.1, 0.15) is 168 Å². The van der Waals surface area contributed by atoms with Gasteiger partial charge in [0.1, 0.15) is 23.3 Å². The van der Waals surface area contributed by atoms with E-state index in [1.54, 1.807) is 6.20 Å². The molecule has 0 bridgehead atoms. The molecule has 0 spiro atoms. The number of hydrogen-bond donors (Lipinski definition) is 1. The van der Waals surface area contributed by atoms with Crippen LogP contribution in [0.15, 0.2) is 172 Å². The van der Waals surface area contributed by atoms with Gasteiger partial charge in [-0.25, -0.2) is 24.9 Å². The Hall–Kier alpha value is -12.3. The first kappa shape index (κ1) is 96.0. The van der Waals surface area contributed by atoms with Crippen molar-refractivity contribution in [3.8, 4) is 56.3 Å². The predicted octanol–water partition coefficient (Wildman–Crippen LogP) is 15.3. The molecule has 138 heavy (non-hydrogen) atoms. The van der Waals surface area contributed by atoms with Crippen LogP contribution >= 0.6 is 0 Å². The highest BCUT2D eigenvalue weighted by Crippen LogP contribution is 2.40. The van der Waals surface area contributed by atoms with Crippen molar-refractivity contribution in [1.29, 1.82) is 0 Å². The number of ether oxygens (including phenoxy) is 2. The number of aliphatic hydroxyl groups excluding tert-OH is 1. The third-order valence-corrected chi connectivity index (χ3v) is 29.1. The van der Waals surface area contributed by atoms with E-state index in [2.05, 4.69) is 252 Å². The molecule has 714 valence electrons. The summed E-state index contributed by atoms with van der Waals surface area (Å²) in [6.45, 7) is 38.2. The molecule has 6 saturated heterocycles. The monoisotopic (exact) mass is 1850 g/mol. The zero-order valence-corrected chi connectivity index (χ0v) is 82.5. The van der Waals surface area contributed by atoms with Crippen molar-refractivity contribution < 1.29 is 23.9 Å². The maximum absolute atomic E-state index is 9.06. The van der Waals surface area contributed by atoms with Gasteiger partial charge >= 0.3 is 7.12 Å². The molecular weight excluding hydrogens is 1720 g/mol. The van der Waals surface area contributed by atoms with Crippen LogP contribution < -0.4 is 25.1 Å². The predicted molar refractivity (Wildman–Crippen MR) is 550 cm³/mol. The maximum Gasteiger partial charge on any atom is 0.496 e. The van der Waals surface area contributed by atoms with Crippen molar-refractivity contribution in [2.24, 2.45) is 11.8 Å². The summed E-state index contributed by atoms with van der Waals surface area (Å²) in [4.78, 5) is 89.7. The fourth-order valence-corrected chi connectivity index (χ4v) is 19.4. The normalized spacial score (nSPS) is 18.5. The Kier molecular flexibility index (Phi) is 30.2. The molecule has 0 aromatic carbocycles. The summed E-state index contributed by atoms with van der Waals surface area (Å²) in [6, 6.07) is 13.1. The minimum absolute atomic E-state index is 0.217. The Morgan fingerprint density at radius 3 is 1.11 bits per heavy atom. The van der Waals surface area contributed by atoms with Crippen LogP contribution in [-0.4, -0.2) is 264 Å². The van der Waals surface area contributed by atoms with Gasteiger partial charge in [0, 0.05) is 214 Å². The van der Waals surface area contributed by atoms with Gasteiger partial charge in [-0.05, 0) is 238 Å². The van der Waals surface area contributed by atoms with E-state index >= 15 is 0 Å². The summed E-state index contributed by atoms with van der Waals surface area (Å²) in [5.41, 5.74) is 33.3. The first-order valence-corrected chi connectivity index (χ1v) is 49.2. The molecule has 0 radical (unpaired) electrons. The van der Waals surface area contributed by atoms with Gasteiger partial charge in [0.15, 0.2) is 0 Å². The number of nitrogens with zero attached hydrogens (tertiary/aromatic N) is 23. The third kappa shape index (κ3) is 22.8. The van der Waals surface area contributed by atoms with Crippen LogP contribution in [0, 0.1) is 11.8 Å². The lowest BCUT2D eigenvalue weighted by atomic mass is 9.79. The van der Waals surface area contributed by atoms with Gasteiger partial charge in [-0.3, -0.25) is 59.7 Å². The molecule has 6 aliphatic heterocycles. The number of pyridine rings is 6. The van der Waals surface area contributed by atoms with E-state index in [-0.39, 0.29) is 24.9 Å². The molecule has 23 rings (SSSR count). The summed E-state index contributed by atoms with van der Waals surface area (Å²) in [5.74, 6) is 5.09. The molecule has 6 aliphatic carbocycles. The van der Waals surface area contributed by atoms with Crippen LogP contribution in [0.2, 0.25) is 0 Å². The van der Waals surface area contributed by atoms with E-state index in [1.807, 2.05) is 93.0 Å². The first-order chi connectivity index (χ1) is 66.9. The van der Waals surface area contributed by atoms with Crippen LogP contribution in [0.4, 0.5) is 23.3 Å². The SMILES string of the molecule is CC1=CCc2ncc(-c3cncc(CC4CCN(C)CC4)n3)cc21.CC1=CCc2ncc(-c3cncc(N(C)CC4CCOCC4)n3)cc21.CC1=CCc2ncc(-c3cncc(N4CCN(C)CC4)n3)cc21.CC1=CCc2ncc(-c3cncc(N4CCN(CCO)CC4)n3)cc21.CC1=CCc2ncc(-c3cncc(N4CCOCC4)n3)cc21.CC1=CCc2ncc(B3OC(C)(C)C(C)(C)O3)cc21. The number of piperazine rings is 2. The van der Waals surface area contributed by atoms with Crippen molar-refractivity contribution in [2.45, 2.75) is 151 Å². The molecule has 0 atom stereocenters. The highest BCUT2D eigenvalue weighted by molar-refractivity contribution is 6.62. The highest BCUT2D eigenvalue weighted by atomic mass is 16.7. The lowest BCUT2D eigenvalue weighted by molar-refractivity contribution is 0.00578. The smallest absolute Gasteiger partial charge is 0.399 e. The van der Waals surface area contributed by atoms with Gasteiger partial charge in [0.25, 0.3) is 0 Å². The zero-order valence-electron chi connectivity index (χ0n) is 82.5. The Balaban J connectivity index is 0.000000110. The molecule has 0 unspecified atom stereocenters. The van der Waals surface area contributed by atoms with Gasteiger partial charge < -0.3 is 53.3 Å². The van der Waals surface area contributed by atoms with Gasteiger partial charge in [-0.1, -0.05) is 42.5 Å². The highest BCUT2D eigenvalue weighted by Gasteiger charge is 2.52. The van der Waals surface area contributed by atoms with Crippen molar-refractivity contribution in [2.75, 3.05) is 165 Å². The number of likely N-dealkylation sites (N-methyl/N-ethyl adjacent to an activating group) is 1. The third-order valence-electron chi connectivity index (χ3n) is 29.1. The van der Waals surface area contributed by atoms with E-state index in [4.69, 9.17) is 48.8 Å². The lowest BCUT2D eigenvalue weighted by Crippen LogP contribution is -2.47. The number of hydrogen-bond acceptors (Lipinski definition) is 28. The van der Waals surface area contributed by atoms with Crippen LogP contribution in [0.25, 0.3) is 89.7 Å². The first-order valence-electron chi connectivity index (χ1n) is 49.2. The number of allylic oxidation sites excluding steroid dienone is 12.